The van der Waals surface area contributed by atoms with Gasteiger partial charge in [-0.1, -0.05) is 17.7 Å². The number of rotatable bonds is 8. The van der Waals surface area contributed by atoms with Crippen LogP contribution in [0.1, 0.15) is 12.0 Å². The van der Waals surface area contributed by atoms with Crippen molar-refractivity contribution in [1.82, 2.24) is 10.6 Å². The van der Waals surface area contributed by atoms with Crippen molar-refractivity contribution in [3.8, 4) is 5.75 Å². The minimum absolute atomic E-state index is 0.0240. The Morgan fingerprint density at radius 1 is 1.33 bits per heavy atom. The Kier molecular flexibility index (Phi) is 7.45. The Labute approximate surface area is 128 Å². The van der Waals surface area contributed by atoms with Crippen molar-refractivity contribution in [1.29, 1.82) is 0 Å². The van der Waals surface area contributed by atoms with Crippen molar-refractivity contribution in [3.05, 3.63) is 29.8 Å². The number of carboxylic acid groups (broad SMARTS) is 1. The van der Waals surface area contributed by atoms with Gasteiger partial charge < -0.3 is 20.5 Å². The van der Waals surface area contributed by atoms with Gasteiger partial charge in [-0.2, -0.15) is 11.8 Å². The topological polar surface area (TPSA) is 87.7 Å². The van der Waals surface area contributed by atoms with Gasteiger partial charge in [0.1, 0.15) is 11.8 Å². The molecule has 1 rings (SSSR count). The normalized spacial score (nSPS) is 11.5. The average Bonchev–Trinajstić information content (AvgIpc) is 2.45. The standard InChI is InChI=1S/C14H20N2O4S/c1-10-3-5-11(6-4-10)20-9-15-14(19)16-12(13(17)18)7-8-21-2/h3-6,12H,7-9H2,1-2H3,(H,17,18)(H2,15,16,19). The molecule has 0 saturated heterocycles. The van der Waals surface area contributed by atoms with E-state index < -0.39 is 18.0 Å². The summed E-state index contributed by atoms with van der Waals surface area (Å²) in [5.74, 6) is 0.258. The van der Waals surface area contributed by atoms with Crippen LogP contribution in [0.3, 0.4) is 0 Å². The van der Waals surface area contributed by atoms with E-state index >= 15 is 0 Å². The van der Waals surface area contributed by atoms with Crippen molar-refractivity contribution in [2.24, 2.45) is 0 Å². The summed E-state index contributed by atoms with van der Waals surface area (Å²) in [5, 5.41) is 13.9. The van der Waals surface area contributed by atoms with Crippen molar-refractivity contribution in [2.45, 2.75) is 19.4 Å². The first kappa shape index (κ1) is 17.2. The van der Waals surface area contributed by atoms with E-state index in [1.165, 1.54) is 11.8 Å². The number of carbonyl (C=O) groups excluding carboxylic acids is 1. The minimum atomic E-state index is -1.04. The van der Waals surface area contributed by atoms with E-state index in [-0.39, 0.29) is 6.73 Å². The van der Waals surface area contributed by atoms with Crippen LogP contribution in [0.15, 0.2) is 24.3 Å². The van der Waals surface area contributed by atoms with E-state index in [4.69, 9.17) is 9.84 Å². The largest absolute Gasteiger partial charge is 0.480 e. The van der Waals surface area contributed by atoms with Gasteiger partial charge in [-0.25, -0.2) is 9.59 Å². The summed E-state index contributed by atoms with van der Waals surface area (Å²) in [6.45, 7) is 1.94. The first-order valence-corrected chi connectivity index (χ1v) is 7.88. The molecule has 0 fully saturated rings. The molecule has 0 aliphatic heterocycles. The van der Waals surface area contributed by atoms with Gasteiger partial charge in [0.15, 0.2) is 6.73 Å². The Morgan fingerprint density at radius 3 is 2.57 bits per heavy atom. The molecule has 21 heavy (non-hydrogen) atoms. The molecule has 3 N–H and O–H groups in total. The third kappa shape index (κ3) is 6.89. The summed E-state index contributed by atoms with van der Waals surface area (Å²) >= 11 is 1.53. The molecule has 1 aromatic rings. The number of aryl methyl sites for hydroxylation is 1. The molecule has 6 nitrogen and oxygen atoms in total. The smallest absolute Gasteiger partial charge is 0.326 e. The molecule has 0 saturated carbocycles. The van der Waals surface area contributed by atoms with Crippen LogP contribution in [0.5, 0.6) is 5.75 Å². The zero-order valence-corrected chi connectivity index (χ0v) is 12.9. The number of hydrogen-bond donors (Lipinski definition) is 3. The molecule has 1 aromatic carbocycles. The average molecular weight is 312 g/mol. The highest BCUT2D eigenvalue weighted by Crippen LogP contribution is 2.10. The summed E-state index contributed by atoms with van der Waals surface area (Å²) < 4.78 is 5.33. The first-order chi connectivity index (χ1) is 10.0. The van der Waals surface area contributed by atoms with Crippen LogP contribution < -0.4 is 15.4 Å². The molecule has 0 aromatic heterocycles. The number of carbonyl (C=O) groups is 2. The summed E-state index contributed by atoms with van der Waals surface area (Å²) in [7, 11) is 0. The number of amides is 2. The Bertz CT molecular complexity index is 465. The molecule has 2 amide bonds. The van der Waals surface area contributed by atoms with E-state index in [0.29, 0.717) is 17.9 Å². The Balaban J connectivity index is 2.32. The fourth-order valence-corrected chi connectivity index (χ4v) is 1.99. The lowest BCUT2D eigenvalue weighted by molar-refractivity contribution is -0.139. The van der Waals surface area contributed by atoms with Crippen LogP contribution in [0.4, 0.5) is 4.79 Å². The van der Waals surface area contributed by atoms with Crippen LogP contribution in [-0.4, -0.2) is 41.9 Å². The SMILES string of the molecule is CSCCC(NC(=O)NCOc1ccc(C)cc1)C(=O)O. The zero-order valence-electron chi connectivity index (χ0n) is 12.1. The highest BCUT2D eigenvalue weighted by Gasteiger charge is 2.18. The molecule has 0 bridgehead atoms. The molecule has 0 aliphatic carbocycles. The van der Waals surface area contributed by atoms with E-state index in [1.54, 1.807) is 12.1 Å². The first-order valence-electron chi connectivity index (χ1n) is 6.48. The lowest BCUT2D eigenvalue weighted by atomic mass is 10.2. The summed E-state index contributed by atoms with van der Waals surface area (Å²) in [6, 6.07) is 5.95. The van der Waals surface area contributed by atoms with Gasteiger partial charge in [0.05, 0.1) is 0 Å². The maximum Gasteiger partial charge on any atom is 0.326 e. The Morgan fingerprint density at radius 2 is 2.00 bits per heavy atom. The number of thioether (sulfide) groups is 1. The van der Waals surface area contributed by atoms with Crippen molar-refractivity contribution < 1.29 is 19.4 Å². The van der Waals surface area contributed by atoms with Gasteiger partial charge in [-0.15, -0.1) is 0 Å². The lowest BCUT2D eigenvalue weighted by Gasteiger charge is -2.15. The van der Waals surface area contributed by atoms with Crippen LogP contribution >= 0.6 is 11.8 Å². The molecule has 116 valence electrons. The maximum atomic E-state index is 11.6. The monoisotopic (exact) mass is 312 g/mol. The molecule has 0 radical (unpaired) electrons. The Hall–Kier alpha value is -1.89. The number of aliphatic carboxylic acids is 1. The second-order valence-electron chi connectivity index (χ2n) is 4.42. The quantitative estimate of drug-likeness (QED) is 0.638. The summed E-state index contributed by atoms with van der Waals surface area (Å²) in [4.78, 5) is 22.6. The summed E-state index contributed by atoms with van der Waals surface area (Å²) in [6.07, 6.45) is 2.26. The number of benzene rings is 1. The van der Waals surface area contributed by atoms with Gasteiger partial charge in [0.25, 0.3) is 0 Å². The summed E-state index contributed by atoms with van der Waals surface area (Å²) in [5.41, 5.74) is 1.12. The van der Waals surface area contributed by atoms with Gasteiger partial charge >= 0.3 is 12.0 Å². The van der Waals surface area contributed by atoms with E-state index in [2.05, 4.69) is 10.6 Å². The van der Waals surface area contributed by atoms with Crippen LogP contribution in [-0.2, 0) is 4.79 Å². The number of hydrogen-bond acceptors (Lipinski definition) is 4. The number of nitrogens with one attached hydrogen (secondary N) is 2. The lowest BCUT2D eigenvalue weighted by Crippen LogP contribution is -2.47. The van der Waals surface area contributed by atoms with Crippen LogP contribution in [0, 0.1) is 6.92 Å². The predicted molar refractivity (Wildman–Crippen MR) is 82.8 cm³/mol. The van der Waals surface area contributed by atoms with Gasteiger partial charge in [0.2, 0.25) is 0 Å². The van der Waals surface area contributed by atoms with Crippen molar-refractivity contribution in [3.63, 3.8) is 0 Å². The van der Waals surface area contributed by atoms with E-state index in [0.717, 1.165) is 5.56 Å². The van der Waals surface area contributed by atoms with Crippen LogP contribution in [0.2, 0.25) is 0 Å². The fraction of sp³-hybridized carbons (Fsp3) is 0.429. The highest BCUT2D eigenvalue weighted by atomic mass is 32.2. The third-order valence-corrected chi connectivity index (χ3v) is 3.35. The minimum Gasteiger partial charge on any atom is -0.480 e. The second-order valence-corrected chi connectivity index (χ2v) is 5.41. The third-order valence-electron chi connectivity index (χ3n) is 2.71. The molecule has 0 spiro atoms. The number of carboxylic acids is 1. The molecular formula is C14H20N2O4S. The van der Waals surface area contributed by atoms with Crippen LogP contribution in [0.25, 0.3) is 0 Å². The van der Waals surface area contributed by atoms with Crippen molar-refractivity contribution >= 4 is 23.8 Å². The van der Waals surface area contributed by atoms with Crippen molar-refractivity contribution in [2.75, 3.05) is 18.7 Å². The van der Waals surface area contributed by atoms with Gasteiger partial charge in [-0.05, 0) is 37.5 Å². The maximum absolute atomic E-state index is 11.6. The molecule has 1 unspecified atom stereocenters. The molecule has 0 heterocycles. The fourth-order valence-electron chi connectivity index (χ4n) is 1.52. The number of ether oxygens (including phenoxy) is 1. The second kappa shape index (κ2) is 9.12. The highest BCUT2D eigenvalue weighted by molar-refractivity contribution is 7.98. The molecule has 7 heteroatoms. The van der Waals surface area contributed by atoms with E-state index in [9.17, 15) is 9.59 Å². The van der Waals surface area contributed by atoms with E-state index in [1.807, 2.05) is 25.3 Å². The molecular weight excluding hydrogens is 292 g/mol. The number of urea groups is 1. The van der Waals surface area contributed by atoms with Gasteiger partial charge in [0, 0.05) is 0 Å². The molecule has 1 atom stereocenters. The van der Waals surface area contributed by atoms with Gasteiger partial charge in [-0.3, -0.25) is 0 Å². The molecule has 0 aliphatic rings. The zero-order chi connectivity index (χ0) is 15.7. The predicted octanol–water partition coefficient (Wildman–Crippen LogP) is 1.84.